The molecule has 0 atom stereocenters. The largest absolute Gasteiger partial charge is 0.416 e. The van der Waals surface area contributed by atoms with Crippen LogP contribution in [-0.2, 0) is 6.18 Å². The molecule has 0 fully saturated rings. The van der Waals surface area contributed by atoms with Crippen molar-refractivity contribution in [2.24, 2.45) is 0 Å². The fourth-order valence-corrected chi connectivity index (χ4v) is 2.18. The molecule has 0 aliphatic rings. The number of hydrogen-bond donors (Lipinski definition) is 1. The molecule has 25 heavy (non-hydrogen) atoms. The summed E-state index contributed by atoms with van der Waals surface area (Å²) in [5.41, 5.74) is 0.0809. The van der Waals surface area contributed by atoms with Gasteiger partial charge in [0, 0.05) is 16.1 Å². The third-order valence-electron chi connectivity index (χ3n) is 3.31. The first-order valence-corrected chi connectivity index (χ1v) is 7.29. The molecule has 0 saturated heterocycles. The van der Waals surface area contributed by atoms with Gasteiger partial charge < -0.3 is 5.32 Å². The molecule has 1 aromatic heterocycles. The Labute approximate surface area is 144 Å². The van der Waals surface area contributed by atoms with Crippen LogP contribution in [0.4, 0.5) is 19.0 Å². The van der Waals surface area contributed by atoms with Crippen LogP contribution >= 0.6 is 11.6 Å². The van der Waals surface area contributed by atoms with Gasteiger partial charge >= 0.3 is 6.18 Å². The van der Waals surface area contributed by atoms with Crippen molar-refractivity contribution in [3.63, 3.8) is 0 Å². The van der Waals surface area contributed by atoms with Crippen molar-refractivity contribution in [2.75, 3.05) is 5.32 Å². The molecule has 1 N–H and O–H groups in total. The van der Waals surface area contributed by atoms with E-state index in [0.717, 1.165) is 24.3 Å². The van der Waals surface area contributed by atoms with Crippen molar-refractivity contribution < 1.29 is 22.6 Å². The van der Waals surface area contributed by atoms with Gasteiger partial charge in [-0.2, -0.15) is 13.2 Å². The fraction of sp³-hybridized carbons (Fsp3) is 0.0625. The van der Waals surface area contributed by atoms with Crippen LogP contribution in [0.25, 0.3) is 11.3 Å². The number of amides is 1. The van der Waals surface area contributed by atoms with Crippen molar-refractivity contribution in [3.8, 4) is 11.3 Å². The number of carbonyl (C=O) groups excluding carboxylic acids is 1. The minimum atomic E-state index is -4.47. The highest BCUT2D eigenvalue weighted by molar-refractivity contribution is 6.30. The highest BCUT2D eigenvalue weighted by Gasteiger charge is 2.30. The summed E-state index contributed by atoms with van der Waals surface area (Å²) < 4.78 is 42.3. The molecule has 0 spiro atoms. The summed E-state index contributed by atoms with van der Waals surface area (Å²) in [6.45, 7) is 0. The van der Waals surface area contributed by atoms with E-state index in [2.05, 4.69) is 20.3 Å². The lowest BCUT2D eigenvalue weighted by Crippen LogP contribution is -2.13. The maximum atomic E-state index is 12.6. The van der Waals surface area contributed by atoms with Crippen LogP contribution in [0.15, 0.2) is 53.2 Å². The highest BCUT2D eigenvalue weighted by Crippen LogP contribution is 2.29. The molecule has 0 saturated carbocycles. The molecule has 2 aromatic carbocycles. The van der Waals surface area contributed by atoms with E-state index < -0.39 is 17.6 Å². The lowest BCUT2D eigenvalue weighted by Gasteiger charge is -2.07. The summed E-state index contributed by atoms with van der Waals surface area (Å²) in [4.78, 5) is 12.2. The van der Waals surface area contributed by atoms with Gasteiger partial charge in [-0.05, 0) is 46.7 Å². The van der Waals surface area contributed by atoms with Gasteiger partial charge in [0.15, 0.2) is 5.69 Å². The number of alkyl halides is 3. The molecular formula is C16H9ClF3N3O2. The molecule has 3 rings (SSSR count). The Kier molecular flexibility index (Phi) is 4.45. The van der Waals surface area contributed by atoms with Gasteiger partial charge in [-0.1, -0.05) is 23.7 Å². The SMILES string of the molecule is O=C(Nc1nonc1-c1ccc(Cl)cc1)c1ccc(C(F)(F)F)cc1. The van der Waals surface area contributed by atoms with E-state index in [1.54, 1.807) is 24.3 Å². The molecule has 5 nitrogen and oxygen atoms in total. The second kappa shape index (κ2) is 6.56. The van der Waals surface area contributed by atoms with Gasteiger partial charge in [0.2, 0.25) is 5.82 Å². The first kappa shape index (κ1) is 17.0. The second-order valence-electron chi connectivity index (χ2n) is 5.00. The molecule has 1 amide bonds. The maximum Gasteiger partial charge on any atom is 0.416 e. The molecule has 128 valence electrons. The maximum absolute atomic E-state index is 12.6. The first-order valence-electron chi connectivity index (χ1n) is 6.92. The van der Waals surface area contributed by atoms with Crippen molar-refractivity contribution in [1.29, 1.82) is 0 Å². The Morgan fingerprint density at radius 1 is 1.00 bits per heavy atom. The van der Waals surface area contributed by atoms with Crippen molar-refractivity contribution in [3.05, 3.63) is 64.7 Å². The lowest BCUT2D eigenvalue weighted by molar-refractivity contribution is -0.137. The van der Waals surface area contributed by atoms with Gasteiger partial charge in [-0.3, -0.25) is 4.79 Å². The number of anilines is 1. The summed E-state index contributed by atoms with van der Waals surface area (Å²) >= 11 is 5.81. The Bertz CT molecular complexity index is 890. The number of hydrogen-bond acceptors (Lipinski definition) is 4. The Balaban J connectivity index is 1.80. The molecule has 0 unspecified atom stereocenters. The average molecular weight is 368 g/mol. The van der Waals surface area contributed by atoms with Crippen LogP contribution in [0.1, 0.15) is 15.9 Å². The van der Waals surface area contributed by atoms with Crippen LogP contribution in [0, 0.1) is 0 Å². The molecule has 0 aliphatic carbocycles. The molecule has 9 heteroatoms. The lowest BCUT2D eigenvalue weighted by atomic mass is 10.1. The Hall–Kier alpha value is -2.87. The van der Waals surface area contributed by atoms with Gasteiger partial charge in [-0.25, -0.2) is 4.63 Å². The number of halogens is 4. The topological polar surface area (TPSA) is 68.0 Å². The summed E-state index contributed by atoms with van der Waals surface area (Å²) in [5.74, 6) is -0.591. The Morgan fingerprint density at radius 3 is 2.24 bits per heavy atom. The molecule has 0 aliphatic heterocycles. The minimum Gasteiger partial charge on any atom is -0.302 e. The predicted molar refractivity (Wildman–Crippen MR) is 84.1 cm³/mol. The van der Waals surface area contributed by atoms with E-state index >= 15 is 0 Å². The summed E-state index contributed by atoms with van der Waals surface area (Å²) in [7, 11) is 0. The number of rotatable bonds is 3. The van der Waals surface area contributed by atoms with E-state index in [9.17, 15) is 18.0 Å². The van der Waals surface area contributed by atoms with Gasteiger partial charge in [-0.15, -0.1) is 0 Å². The normalized spacial score (nSPS) is 11.4. The van der Waals surface area contributed by atoms with Crippen molar-refractivity contribution in [1.82, 2.24) is 10.3 Å². The van der Waals surface area contributed by atoms with E-state index in [1.807, 2.05) is 0 Å². The fourth-order valence-electron chi connectivity index (χ4n) is 2.06. The number of nitrogens with one attached hydrogen (secondary N) is 1. The summed E-state index contributed by atoms with van der Waals surface area (Å²) in [5, 5.41) is 10.3. The number of carbonyl (C=O) groups is 1. The first-order chi connectivity index (χ1) is 11.8. The standard InChI is InChI=1S/C16H9ClF3N3O2/c17-12-7-3-9(4-8-12)13-14(23-25-22-13)21-15(24)10-1-5-11(6-2-10)16(18,19)20/h1-8H,(H,21,23,24). The Morgan fingerprint density at radius 2 is 1.64 bits per heavy atom. The van der Waals surface area contributed by atoms with Gasteiger partial charge in [0.1, 0.15) is 0 Å². The molecular weight excluding hydrogens is 359 g/mol. The molecule has 0 bridgehead atoms. The second-order valence-corrected chi connectivity index (χ2v) is 5.43. The molecule has 3 aromatic rings. The minimum absolute atomic E-state index is 0.0399. The zero-order valence-electron chi connectivity index (χ0n) is 12.3. The summed E-state index contributed by atoms with van der Waals surface area (Å²) in [6.07, 6.45) is -4.47. The zero-order chi connectivity index (χ0) is 18.0. The van der Waals surface area contributed by atoms with Gasteiger partial charge in [0.05, 0.1) is 5.56 Å². The van der Waals surface area contributed by atoms with E-state index in [4.69, 9.17) is 11.6 Å². The van der Waals surface area contributed by atoms with Crippen LogP contribution in [0.2, 0.25) is 5.02 Å². The highest BCUT2D eigenvalue weighted by atomic mass is 35.5. The predicted octanol–water partition coefficient (Wildman–Crippen LogP) is 4.66. The monoisotopic (exact) mass is 367 g/mol. The van der Waals surface area contributed by atoms with Gasteiger partial charge in [0.25, 0.3) is 5.91 Å². The van der Waals surface area contributed by atoms with E-state index in [-0.39, 0.29) is 17.1 Å². The van der Waals surface area contributed by atoms with E-state index in [0.29, 0.717) is 10.6 Å². The van der Waals surface area contributed by atoms with Crippen LogP contribution in [0.3, 0.4) is 0 Å². The van der Waals surface area contributed by atoms with Crippen LogP contribution in [0.5, 0.6) is 0 Å². The molecule has 1 heterocycles. The van der Waals surface area contributed by atoms with Crippen molar-refractivity contribution >= 4 is 23.3 Å². The van der Waals surface area contributed by atoms with Crippen LogP contribution in [-0.4, -0.2) is 16.2 Å². The third-order valence-corrected chi connectivity index (χ3v) is 3.56. The van der Waals surface area contributed by atoms with Crippen LogP contribution < -0.4 is 5.32 Å². The smallest absolute Gasteiger partial charge is 0.302 e. The number of benzene rings is 2. The van der Waals surface area contributed by atoms with E-state index in [1.165, 1.54) is 0 Å². The third kappa shape index (κ3) is 3.80. The number of nitrogens with zero attached hydrogens (tertiary/aromatic N) is 2. The quantitative estimate of drug-likeness (QED) is 0.731. The molecule has 0 radical (unpaired) electrons. The van der Waals surface area contributed by atoms with Crippen molar-refractivity contribution in [2.45, 2.75) is 6.18 Å². The number of aromatic nitrogens is 2. The average Bonchev–Trinajstić information content (AvgIpc) is 3.03. The zero-order valence-corrected chi connectivity index (χ0v) is 13.1. The summed E-state index contributed by atoms with van der Waals surface area (Å²) in [6, 6.07) is 10.4.